The number of ether oxygens (including phenoxy) is 1. The van der Waals surface area contributed by atoms with Crippen LogP contribution >= 0.6 is 23.2 Å². The van der Waals surface area contributed by atoms with Crippen LogP contribution in [0.4, 0.5) is 5.69 Å². The van der Waals surface area contributed by atoms with Gasteiger partial charge in [0.2, 0.25) is 0 Å². The van der Waals surface area contributed by atoms with Crippen molar-refractivity contribution in [3.05, 3.63) is 62.8 Å². The summed E-state index contributed by atoms with van der Waals surface area (Å²) in [6.45, 7) is 0. The van der Waals surface area contributed by atoms with Crippen LogP contribution in [0.5, 0.6) is 5.75 Å². The molecule has 0 saturated heterocycles. The number of nitro benzene ring substituents is 1. The Morgan fingerprint density at radius 2 is 1.82 bits per heavy atom. The van der Waals surface area contributed by atoms with Crippen molar-refractivity contribution in [1.29, 1.82) is 0 Å². The number of halogens is 2. The maximum absolute atomic E-state index is 10.9. The molecule has 0 atom stereocenters. The molecule has 0 N–H and O–H groups in total. The molecule has 7 heteroatoms. The van der Waals surface area contributed by atoms with Crippen LogP contribution in [0.25, 0.3) is 16.6 Å². The lowest BCUT2D eigenvalue weighted by atomic mass is 10.2. The van der Waals surface area contributed by atoms with E-state index in [0.29, 0.717) is 5.69 Å². The van der Waals surface area contributed by atoms with Crippen LogP contribution in [-0.2, 0) is 0 Å². The third-order valence-corrected chi connectivity index (χ3v) is 3.93. The first-order valence-corrected chi connectivity index (χ1v) is 7.06. The fourth-order valence-corrected chi connectivity index (χ4v) is 2.99. The van der Waals surface area contributed by atoms with Crippen molar-refractivity contribution in [2.45, 2.75) is 0 Å². The number of benzene rings is 2. The second kappa shape index (κ2) is 5.51. The average molecular weight is 337 g/mol. The van der Waals surface area contributed by atoms with Crippen LogP contribution in [0, 0.1) is 10.1 Å². The van der Waals surface area contributed by atoms with E-state index in [1.165, 1.54) is 12.1 Å². The molecular weight excluding hydrogens is 327 g/mol. The summed E-state index contributed by atoms with van der Waals surface area (Å²) in [6, 6.07) is 10.1. The topological polar surface area (TPSA) is 57.3 Å². The summed E-state index contributed by atoms with van der Waals surface area (Å²) in [5.41, 5.74) is 1.24. The number of nitro groups is 1. The minimum absolute atomic E-state index is 0.142. The first-order valence-electron chi connectivity index (χ1n) is 6.30. The number of hydrogen-bond acceptors (Lipinski definition) is 3. The van der Waals surface area contributed by atoms with E-state index in [4.69, 9.17) is 27.9 Å². The number of fused-ring (bicyclic) bond motifs is 1. The molecule has 22 heavy (non-hydrogen) atoms. The lowest BCUT2D eigenvalue weighted by Crippen LogP contribution is -1.97. The highest BCUT2D eigenvalue weighted by molar-refractivity contribution is 6.38. The monoisotopic (exact) mass is 336 g/mol. The van der Waals surface area contributed by atoms with Gasteiger partial charge >= 0.3 is 0 Å². The quantitative estimate of drug-likeness (QED) is 0.507. The van der Waals surface area contributed by atoms with Gasteiger partial charge in [-0.05, 0) is 24.3 Å². The van der Waals surface area contributed by atoms with E-state index in [1.54, 1.807) is 11.7 Å². The third kappa shape index (κ3) is 2.38. The van der Waals surface area contributed by atoms with Gasteiger partial charge in [-0.2, -0.15) is 0 Å². The van der Waals surface area contributed by atoms with Gasteiger partial charge in [0.15, 0.2) is 0 Å². The molecular formula is C15H10Cl2N2O3. The van der Waals surface area contributed by atoms with Crippen molar-refractivity contribution >= 4 is 39.8 Å². The zero-order valence-electron chi connectivity index (χ0n) is 11.4. The highest BCUT2D eigenvalue weighted by Gasteiger charge is 2.17. The van der Waals surface area contributed by atoms with E-state index in [0.717, 1.165) is 16.7 Å². The second-order valence-electron chi connectivity index (χ2n) is 4.63. The van der Waals surface area contributed by atoms with E-state index in [1.807, 2.05) is 30.5 Å². The van der Waals surface area contributed by atoms with Gasteiger partial charge in [-0.25, -0.2) is 0 Å². The number of non-ortho nitro benzene ring substituents is 1. The fraction of sp³-hybridized carbons (Fsp3) is 0.0667. The van der Waals surface area contributed by atoms with E-state index in [2.05, 4.69) is 0 Å². The van der Waals surface area contributed by atoms with Gasteiger partial charge in [0.1, 0.15) is 5.75 Å². The first kappa shape index (κ1) is 14.7. The van der Waals surface area contributed by atoms with Crippen molar-refractivity contribution in [1.82, 2.24) is 4.57 Å². The lowest BCUT2D eigenvalue weighted by molar-refractivity contribution is -0.384. The largest absolute Gasteiger partial charge is 0.497 e. The number of methoxy groups -OCH3 is 1. The minimum atomic E-state index is -0.528. The van der Waals surface area contributed by atoms with Gasteiger partial charge in [-0.1, -0.05) is 23.2 Å². The molecule has 112 valence electrons. The number of rotatable bonds is 3. The lowest BCUT2D eigenvalue weighted by Gasteiger charge is -2.10. The van der Waals surface area contributed by atoms with Crippen molar-refractivity contribution in [2.75, 3.05) is 7.11 Å². The summed E-state index contributed by atoms with van der Waals surface area (Å²) >= 11 is 12.4. The number of hydrogen-bond donors (Lipinski definition) is 0. The molecule has 0 bridgehead atoms. The predicted molar refractivity (Wildman–Crippen MR) is 86.5 cm³/mol. The molecule has 0 radical (unpaired) electrons. The third-order valence-electron chi connectivity index (χ3n) is 3.35. The van der Waals surface area contributed by atoms with Crippen molar-refractivity contribution in [2.24, 2.45) is 0 Å². The van der Waals surface area contributed by atoms with Crippen LogP contribution < -0.4 is 4.74 Å². The number of aromatic nitrogens is 1. The van der Waals surface area contributed by atoms with Crippen LogP contribution in [-0.4, -0.2) is 16.6 Å². The van der Waals surface area contributed by atoms with Gasteiger partial charge in [0.05, 0.1) is 33.3 Å². The smallest absolute Gasteiger partial charge is 0.272 e. The zero-order chi connectivity index (χ0) is 15.9. The Hall–Kier alpha value is -2.24. The fourth-order valence-electron chi connectivity index (χ4n) is 2.33. The van der Waals surface area contributed by atoms with E-state index in [-0.39, 0.29) is 15.7 Å². The van der Waals surface area contributed by atoms with Gasteiger partial charge in [0, 0.05) is 23.7 Å². The predicted octanol–water partition coefficient (Wildman–Crippen LogP) is 4.85. The summed E-state index contributed by atoms with van der Waals surface area (Å²) in [6.07, 6.45) is 1.81. The molecule has 3 aromatic rings. The Bertz CT molecular complexity index is 867. The molecule has 5 nitrogen and oxygen atoms in total. The summed E-state index contributed by atoms with van der Waals surface area (Å²) < 4.78 is 6.99. The maximum Gasteiger partial charge on any atom is 0.272 e. The van der Waals surface area contributed by atoms with Gasteiger partial charge in [0.25, 0.3) is 5.69 Å². The molecule has 0 unspecified atom stereocenters. The summed E-state index contributed by atoms with van der Waals surface area (Å²) in [7, 11) is 1.60. The molecule has 1 aromatic heterocycles. The van der Waals surface area contributed by atoms with E-state index < -0.39 is 4.92 Å². The zero-order valence-corrected chi connectivity index (χ0v) is 12.9. The van der Waals surface area contributed by atoms with Crippen molar-refractivity contribution in [3.8, 4) is 11.4 Å². The van der Waals surface area contributed by atoms with Crippen molar-refractivity contribution in [3.63, 3.8) is 0 Å². The Balaban J connectivity index is 2.21. The summed E-state index contributed by atoms with van der Waals surface area (Å²) in [4.78, 5) is 10.3. The number of nitrogens with zero attached hydrogens (tertiary/aromatic N) is 2. The normalized spacial score (nSPS) is 10.9. The SMILES string of the molecule is COc1ccc2c(ccn2-c2c(Cl)cc([N+](=O)[O-])cc2Cl)c1. The molecule has 0 aliphatic rings. The molecule has 0 aliphatic carbocycles. The van der Waals surface area contributed by atoms with Gasteiger partial charge < -0.3 is 9.30 Å². The minimum Gasteiger partial charge on any atom is -0.497 e. The van der Waals surface area contributed by atoms with Crippen LogP contribution in [0.2, 0.25) is 10.0 Å². The molecule has 0 spiro atoms. The average Bonchev–Trinajstić information content (AvgIpc) is 2.89. The Morgan fingerprint density at radius 3 is 2.41 bits per heavy atom. The highest BCUT2D eigenvalue weighted by atomic mass is 35.5. The molecule has 0 aliphatic heterocycles. The van der Waals surface area contributed by atoms with Crippen LogP contribution in [0.1, 0.15) is 0 Å². The van der Waals surface area contributed by atoms with E-state index in [9.17, 15) is 10.1 Å². The molecule has 0 saturated carbocycles. The summed E-state index contributed by atoms with van der Waals surface area (Å²) in [5.74, 6) is 0.742. The van der Waals surface area contributed by atoms with Crippen LogP contribution in [0.3, 0.4) is 0 Å². The van der Waals surface area contributed by atoms with Gasteiger partial charge in [-0.15, -0.1) is 0 Å². The van der Waals surface area contributed by atoms with Crippen molar-refractivity contribution < 1.29 is 9.66 Å². The molecule has 0 amide bonds. The molecule has 1 heterocycles. The molecule has 0 fully saturated rings. The van der Waals surface area contributed by atoms with E-state index >= 15 is 0 Å². The molecule has 3 rings (SSSR count). The van der Waals surface area contributed by atoms with Gasteiger partial charge in [-0.3, -0.25) is 10.1 Å². The molecule has 2 aromatic carbocycles. The highest BCUT2D eigenvalue weighted by Crippen LogP contribution is 2.35. The first-order chi connectivity index (χ1) is 10.5. The Kier molecular flexibility index (Phi) is 3.68. The van der Waals surface area contributed by atoms with Crippen LogP contribution in [0.15, 0.2) is 42.6 Å². The Morgan fingerprint density at radius 1 is 1.14 bits per heavy atom. The standard InChI is InChI=1S/C15H10Cl2N2O3/c1-22-11-2-3-14-9(6-11)4-5-18(14)15-12(16)7-10(19(20)21)8-13(15)17/h2-8H,1H3. The maximum atomic E-state index is 10.9. The summed E-state index contributed by atoms with van der Waals surface area (Å²) in [5, 5.41) is 12.2. The Labute approximate surface area is 135 Å². The second-order valence-corrected chi connectivity index (χ2v) is 5.44.